The largest absolute Gasteiger partial charge is 0.354 e. The van der Waals surface area contributed by atoms with Gasteiger partial charge in [0.2, 0.25) is 11.9 Å². The van der Waals surface area contributed by atoms with E-state index in [-0.39, 0.29) is 29.5 Å². The number of rotatable bonds is 5. The molecular weight excluding hydrogens is 350 g/mol. The summed E-state index contributed by atoms with van der Waals surface area (Å²) in [5, 5.41) is 3.13. The number of allylic oxidation sites excluding steroid dienone is 4. The summed E-state index contributed by atoms with van der Waals surface area (Å²) < 4.78 is 26.8. The van der Waals surface area contributed by atoms with Crippen molar-refractivity contribution in [2.75, 3.05) is 25.0 Å². The maximum absolute atomic E-state index is 14.0. The zero-order valence-electron chi connectivity index (χ0n) is 15.2. The zero-order valence-corrected chi connectivity index (χ0v) is 15.2. The van der Waals surface area contributed by atoms with Crippen LogP contribution in [0.15, 0.2) is 36.4 Å². The molecule has 5 nitrogen and oxygen atoms in total. The van der Waals surface area contributed by atoms with Crippen molar-refractivity contribution in [3.8, 4) is 0 Å². The van der Waals surface area contributed by atoms with E-state index < -0.39 is 5.82 Å². The van der Waals surface area contributed by atoms with Crippen LogP contribution in [-0.4, -0.2) is 40.4 Å². The predicted octanol–water partition coefficient (Wildman–Crippen LogP) is 3.33. The van der Waals surface area contributed by atoms with Crippen LogP contribution in [0.3, 0.4) is 0 Å². The number of carbonyl (C=O) groups excluding carboxylic acids is 1. The number of piperidine rings is 1. The highest BCUT2D eigenvalue weighted by Gasteiger charge is 2.50. The fourth-order valence-corrected chi connectivity index (χ4v) is 4.18. The summed E-state index contributed by atoms with van der Waals surface area (Å²) >= 11 is 0. The maximum Gasteiger partial charge on any atom is 0.225 e. The first-order chi connectivity index (χ1) is 13.1. The average Bonchev–Trinajstić information content (AvgIpc) is 3.48. The molecule has 7 heteroatoms. The molecule has 144 valence electrons. The van der Waals surface area contributed by atoms with Crippen LogP contribution in [0, 0.1) is 29.5 Å². The van der Waals surface area contributed by atoms with Gasteiger partial charge in [-0.05, 0) is 43.6 Å². The molecule has 0 radical (unpaired) electrons. The Kier molecular flexibility index (Phi) is 5.18. The molecule has 1 N–H and O–H groups in total. The lowest BCUT2D eigenvalue weighted by Gasteiger charge is -2.32. The van der Waals surface area contributed by atoms with E-state index in [4.69, 9.17) is 0 Å². The van der Waals surface area contributed by atoms with Crippen LogP contribution < -0.4 is 5.32 Å². The highest BCUT2D eigenvalue weighted by atomic mass is 19.1. The first-order valence-electron chi connectivity index (χ1n) is 9.64. The Morgan fingerprint density at radius 3 is 2.67 bits per heavy atom. The smallest absolute Gasteiger partial charge is 0.225 e. The Morgan fingerprint density at radius 2 is 1.96 bits per heavy atom. The van der Waals surface area contributed by atoms with Crippen LogP contribution in [0.2, 0.25) is 0 Å². The second-order valence-electron chi connectivity index (χ2n) is 7.70. The standard InChI is InChI=1S/C20H24F2N4O/c21-14-11-24-20(25-12-14)23-10-13-5-7-26(8-6-13)19(27)17-9-16(17)15-3-1-2-4-18(15)22/h1-2,4,11-13,15-17H,3,5-10H2,(H,23,24,25)/t15?,16-,17+/m0/s1. The molecule has 0 aromatic carbocycles. The Balaban J connectivity index is 1.21. The van der Waals surface area contributed by atoms with Gasteiger partial charge in [-0.3, -0.25) is 4.79 Å². The fraction of sp³-hybridized carbons (Fsp3) is 0.550. The van der Waals surface area contributed by atoms with Crippen LogP contribution in [-0.2, 0) is 4.79 Å². The molecule has 2 fully saturated rings. The van der Waals surface area contributed by atoms with Gasteiger partial charge < -0.3 is 10.2 Å². The molecule has 1 aliphatic heterocycles. The number of anilines is 1. The highest BCUT2D eigenvalue weighted by Crippen LogP contribution is 2.50. The van der Waals surface area contributed by atoms with E-state index in [1.54, 1.807) is 6.08 Å². The van der Waals surface area contributed by atoms with E-state index in [0.29, 0.717) is 24.8 Å². The first kappa shape index (κ1) is 18.1. The number of halogens is 2. The minimum Gasteiger partial charge on any atom is -0.354 e. The second kappa shape index (κ2) is 7.74. The Bertz CT molecular complexity index is 741. The second-order valence-corrected chi connectivity index (χ2v) is 7.70. The molecule has 2 aliphatic carbocycles. The zero-order chi connectivity index (χ0) is 18.8. The average molecular weight is 374 g/mol. The van der Waals surface area contributed by atoms with Crippen molar-refractivity contribution in [1.82, 2.24) is 14.9 Å². The summed E-state index contributed by atoms with van der Waals surface area (Å²) in [5.41, 5.74) is 0. The van der Waals surface area contributed by atoms with Gasteiger partial charge in [0.1, 0.15) is 5.83 Å². The molecule has 2 heterocycles. The van der Waals surface area contributed by atoms with Gasteiger partial charge in [0.15, 0.2) is 5.82 Å². The Morgan fingerprint density at radius 1 is 1.22 bits per heavy atom. The van der Waals surface area contributed by atoms with E-state index in [1.165, 1.54) is 6.08 Å². The normalized spacial score (nSPS) is 28.0. The van der Waals surface area contributed by atoms with E-state index in [0.717, 1.165) is 44.7 Å². The molecule has 3 atom stereocenters. The summed E-state index contributed by atoms with van der Waals surface area (Å²) in [7, 11) is 0. The van der Waals surface area contributed by atoms with Gasteiger partial charge in [0.05, 0.1) is 12.4 Å². The molecule has 1 unspecified atom stereocenters. The van der Waals surface area contributed by atoms with Gasteiger partial charge in [-0.15, -0.1) is 0 Å². The predicted molar refractivity (Wildman–Crippen MR) is 97.8 cm³/mol. The van der Waals surface area contributed by atoms with Crippen LogP contribution in [0.5, 0.6) is 0 Å². The number of hydrogen-bond acceptors (Lipinski definition) is 4. The monoisotopic (exact) mass is 374 g/mol. The molecule has 1 aromatic rings. The maximum atomic E-state index is 14.0. The third-order valence-electron chi connectivity index (χ3n) is 5.90. The number of aromatic nitrogens is 2. The summed E-state index contributed by atoms with van der Waals surface area (Å²) in [6, 6.07) is 0. The number of amides is 1. The lowest BCUT2D eigenvalue weighted by molar-refractivity contribution is -0.134. The molecular formula is C20H24F2N4O. The molecule has 3 aliphatic rings. The van der Waals surface area contributed by atoms with E-state index >= 15 is 0 Å². The Hall–Kier alpha value is -2.31. The van der Waals surface area contributed by atoms with Crippen molar-refractivity contribution >= 4 is 11.9 Å². The number of likely N-dealkylation sites (tertiary alicyclic amines) is 1. The van der Waals surface area contributed by atoms with Gasteiger partial charge in [0, 0.05) is 31.5 Å². The van der Waals surface area contributed by atoms with Crippen molar-refractivity contribution in [2.24, 2.45) is 23.7 Å². The summed E-state index contributed by atoms with van der Waals surface area (Å²) in [6.45, 7) is 2.19. The first-order valence-corrected chi connectivity index (χ1v) is 9.64. The molecule has 4 rings (SSSR count). The van der Waals surface area contributed by atoms with Crippen molar-refractivity contribution in [1.29, 1.82) is 0 Å². The van der Waals surface area contributed by atoms with E-state index in [9.17, 15) is 13.6 Å². The summed E-state index contributed by atoms with van der Waals surface area (Å²) in [6.07, 6.45) is 10.9. The van der Waals surface area contributed by atoms with Crippen molar-refractivity contribution in [3.63, 3.8) is 0 Å². The van der Waals surface area contributed by atoms with Gasteiger partial charge >= 0.3 is 0 Å². The lowest BCUT2D eigenvalue weighted by atomic mass is 9.92. The lowest BCUT2D eigenvalue weighted by Crippen LogP contribution is -2.41. The highest BCUT2D eigenvalue weighted by molar-refractivity contribution is 5.82. The number of nitrogens with one attached hydrogen (secondary N) is 1. The number of carbonyl (C=O) groups is 1. The van der Waals surface area contributed by atoms with Crippen molar-refractivity contribution in [3.05, 3.63) is 42.3 Å². The summed E-state index contributed by atoms with van der Waals surface area (Å²) in [4.78, 5) is 22.5. The van der Waals surface area contributed by atoms with Crippen molar-refractivity contribution in [2.45, 2.75) is 25.7 Å². The van der Waals surface area contributed by atoms with Gasteiger partial charge in [-0.1, -0.05) is 12.2 Å². The molecule has 0 spiro atoms. The topological polar surface area (TPSA) is 58.1 Å². The van der Waals surface area contributed by atoms with Crippen LogP contribution in [0.1, 0.15) is 25.7 Å². The van der Waals surface area contributed by atoms with Gasteiger partial charge in [0.25, 0.3) is 0 Å². The van der Waals surface area contributed by atoms with Crippen LogP contribution in [0.4, 0.5) is 14.7 Å². The summed E-state index contributed by atoms with van der Waals surface area (Å²) in [5.74, 6) is 0.554. The SMILES string of the molecule is O=C([C@@H]1C[C@H]1C1CC=CC=C1F)N1CCC(CNc2ncc(F)cn2)CC1. The quantitative estimate of drug-likeness (QED) is 0.859. The number of nitrogens with zero attached hydrogens (tertiary/aromatic N) is 3. The molecule has 27 heavy (non-hydrogen) atoms. The van der Waals surface area contributed by atoms with Gasteiger partial charge in [-0.2, -0.15) is 0 Å². The minimum atomic E-state index is -0.453. The molecule has 1 amide bonds. The molecule has 0 bridgehead atoms. The van der Waals surface area contributed by atoms with E-state index in [2.05, 4.69) is 15.3 Å². The fourth-order valence-electron chi connectivity index (χ4n) is 4.18. The van der Waals surface area contributed by atoms with E-state index in [1.807, 2.05) is 11.0 Å². The molecule has 1 saturated heterocycles. The van der Waals surface area contributed by atoms with Gasteiger partial charge in [-0.25, -0.2) is 18.7 Å². The molecule has 1 saturated carbocycles. The third kappa shape index (κ3) is 4.17. The number of hydrogen-bond donors (Lipinski definition) is 1. The minimum absolute atomic E-state index is 0.0112. The Labute approximate surface area is 157 Å². The molecule has 1 aromatic heterocycles. The van der Waals surface area contributed by atoms with Crippen LogP contribution >= 0.6 is 0 Å². The van der Waals surface area contributed by atoms with Crippen LogP contribution in [0.25, 0.3) is 0 Å². The van der Waals surface area contributed by atoms with Crippen molar-refractivity contribution < 1.29 is 13.6 Å². The third-order valence-corrected chi connectivity index (χ3v) is 5.90.